The molecule has 6 heteroatoms. The van der Waals surface area contributed by atoms with E-state index in [0.29, 0.717) is 19.0 Å². The maximum atomic E-state index is 11.6. The predicted molar refractivity (Wildman–Crippen MR) is 77.6 cm³/mol. The van der Waals surface area contributed by atoms with E-state index in [1.165, 1.54) is 0 Å². The molecule has 0 aromatic heterocycles. The van der Waals surface area contributed by atoms with E-state index in [1.54, 1.807) is 12.2 Å². The van der Waals surface area contributed by atoms with Gasteiger partial charge in [0.15, 0.2) is 0 Å². The van der Waals surface area contributed by atoms with Gasteiger partial charge in [0.2, 0.25) is 0 Å². The molecule has 0 aromatic rings. The van der Waals surface area contributed by atoms with Crippen LogP contribution >= 0.6 is 0 Å². The molecular formula is C14H25N3O3. The minimum absolute atomic E-state index is 0.186. The van der Waals surface area contributed by atoms with Gasteiger partial charge in [-0.3, -0.25) is 4.79 Å². The molecule has 0 spiro atoms. The first-order valence-corrected chi connectivity index (χ1v) is 7.06. The number of carbonyl (C=O) groups excluding carboxylic acids is 1. The van der Waals surface area contributed by atoms with Crippen LogP contribution in [0.5, 0.6) is 0 Å². The SMILES string of the molecule is CC(C)N(C)CCCNC(=O)NC1C=CC(C(=O)O)C1. The zero-order valence-corrected chi connectivity index (χ0v) is 12.4. The molecule has 0 saturated heterocycles. The van der Waals surface area contributed by atoms with Gasteiger partial charge in [0.05, 0.1) is 12.0 Å². The fraction of sp³-hybridized carbons (Fsp3) is 0.714. The summed E-state index contributed by atoms with van der Waals surface area (Å²) in [6.45, 7) is 5.81. The fourth-order valence-electron chi connectivity index (χ4n) is 2.00. The first kappa shape index (κ1) is 16.5. The summed E-state index contributed by atoms with van der Waals surface area (Å²) in [4.78, 5) is 24.6. The van der Waals surface area contributed by atoms with Gasteiger partial charge in [0.25, 0.3) is 0 Å². The van der Waals surface area contributed by atoms with Crippen LogP contribution in [0.2, 0.25) is 0 Å². The Hall–Kier alpha value is -1.56. The molecule has 0 fully saturated rings. The van der Waals surface area contributed by atoms with Crippen LogP contribution in [0.3, 0.4) is 0 Å². The van der Waals surface area contributed by atoms with Gasteiger partial charge < -0.3 is 20.6 Å². The van der Waals surface area contributed by atoms with Gasteiger partial charge in [-0.2, -0.15) is 0 Å². The Bertz CT molecular complexity index is 369. The largest absolute Gasteiger partial charge is 0.481 e. The van der Waals surface area contributed by atoms with E-state index in [2.05, 4.69) is 36.4 Å². The zero-order valence-electron chi connectivity index (χ0n) is 12.4. The first-order chi connectivity index (χ1) is 9.40. The number of rotatable bonds is 7. The highest BCUT2D eigenvalue weighted by Gasteiger charge is 2.25. The molecule has 0 aliphatic heterocycles. The minimum Gasteiger partial charge on any atom is -0.481 e. The van der Waals surface area contributed by atoms with Crippen molar-refractivity contribution in [3.8, 4) is 0 Å². The molecule has 1 aliphatic rings. The summed E-state index contributed by atoms with van der Waals surface area (Å²) in [6.07, 6.45) is 4.69. The average Bonchev–Trinajstić information content (AvgIpc) is 2.82. The van der Waals surface area contributed by atoms with E-state index in [-0.39, 0.29) is 12.1 Å². The molecule has 20 heavy (non-hydrogen) atoms. The highest BCUT2D eigenvalue weighted by Crippen LogP contribution is 2.17. The van der Waals surface area contributed by atoms with E-state index in [1.807, 2.05) is 0 Å². The number of carboxylic acids is 1. The number of amides is 2. The third kappa shape index (κ3) is 5.61. The lowest BCUT2D eigenvalue weighted by Gasteiger charge is -2.21. The van der Waals surface area contributed by atoms with Crippen molar-refractivity contribution in [2.75, 3.05) is 20.1 Å². The van der Waals surface area contributed by atoms with Crippen LogP contribution in [0.25, 0.3) is 0 Å². The second-order valence-corrected chi connectivity index (χ2v) is 5.50. The Morgan fingerprint density at radius 1 is 1.40 bits per heavy atom. The lowest BCUT2D eigenvalue weighted by atomic mass is 10.1. The summed E-state index contributed by atoms with van der Waals surface area (Å²) in [5.41, 5.74) is 0. The Labute approximate surface area is 120 Å². The van der Waals surface area contributed by atoms with Crippen LogP contribution in [0.15, 0.2) is 12.2 Å². The molecule has 114 valence electrons. The van der Waals surface area contributed by atoms with Gasteiger partial charge in [0.1, 0.15) is 0 Å². The number of aliphatic carboxylic acids is 1. The van der Waals surface area contributed by atoms with Gasteiger partial charge in [-0.05, 0) is 40.3 Å². The molecule has 2 amide bonds. The number of carbonyl (C=O) groups is 2. The average molecular weight is 283 g/mol. The lowest BCUT2D eigenvalue weighted by molar-refractivity contribution is -0.140. The Morgan fingerprint density at radius 2 is 2.10 bits per heavy atom. The maximum absolute atomic E-state index is 11.6. The van der Waals surface area contributed by atoms with Crippen molar-refractivity contribution < 1.29 is 14.7 Å². The van der Waals surface area contributed by atoms with Crippen molar-refractivity contribution in [3.05, 3.63) is 12.2 Å². The highest BCUT2D eigenvalue weighted by atomic mass is 16.4. The third-order valence-electron chi connectivity index (χ3n) is 3.57. The molecule has 0 bridgehead atoms. The Morgan fingerprint density at radius 3 is 2.65 bits per heavy atom. The zero-order chi connectivity index (χ0) is 15.1. The van der Waals surface area contributed by atoms with Gasteiger partial charge in [-0.15, -0.1) is 0 Å². The van der Waals surface area contributed by atoms with Gasteiger partial charge in [-0.1, -0.05) is 12.2 Å². The van der Waals surface area contributed by atoms with Crippen LogP contribution in [-0.2, 0) is 4.79 Å². The molecule has 0 radical (unpaired) electrons. The van der Waals surface area contributed by atoms with Crippen LogP contribution in [-0.4, -0.2) is 54.2 Å². The number of carboxylic acid groups (broad SMARTS) is 1. The van der Waals surface area contributed by atoms with Crippen molar-refractivity contribution in [3.63, 3.8) is 0 Å². The summed E-state index contributed by atoms with van der Waals surface area (Å²) < 4.78 is 0. The topological polar surface area (TPSA) is 81.7 Å². The highest BCUT2D eigenvalue weighted by molar-refractivity contribution is 5.76. The number of nitrogens with one attached hydrogen (secondary N) is 2. The molecule has 0 saturated carbocycles. The summed E-state index contributed by atoms with van der Waals surface area (Å²) in [7, 11) is 2.06. The molecule has 2 unspecified atom stereocenters. The molecule has 1 aliphatic carbocycles. The van der Waals surface area contributed by atoms with Crippen LogP contribution in [0.1, 0.15) is 26.7 Å². The van der Waals surface area contributed by atoms with Crippen molar-refractivity contribution in [1.29, 1.82) is 0 Å². The summed E-state index contributed by atoms with van der Waals surface area (Å²) in [5.74, 6) is -1.33. The number of hydrogen-bond acceptors (Lipinski definition) is 3. The quantitative estimate of drug-likeness (QED) is 0.482. The van der Waals surface area contributed by atoms with Crippen molar-refractivity contribution in [1.82, 2.24) is 15.5 Å². The smallest absolute Gasteiger partial charge is 0.315 e. The van der Waals surface area contributed by atoms with Gasteiger partial charge in [-0.25, -0.2) is 4.79 Å². The third-order valence-corrected chi connectivity index (χ3v) is 3.57. The molecular weight excluding hydrogens is 258 g/mol. The standard InChI is InChI=1S/C14H25N3O3/c1-10(2)17(3)8-4-7-15-14(20)16-12-6-5-11(9-12)13(18)19/h5-6,10-12H,4,7-9H2,1-3H3,(H,18,19)(H2,15,16,20). The molecule has 3 N–H and O–H groups in total. The van der Waals surface area contributed by atoms with Crippen molar-refractivity contribution in [2.24, 2.45) is 5.92 Å². The monoisotopic (exact) mass is 283 g/mol. The molecule has 6 nitrogen and oxygen atoms in total. The summed E-state index contributed by atoms with van der Waals surface area (Å²) >= 11 is 0. The van der Waals surface area contributed by atoms with Crippen LogP contribution in [0.4, 0.5) is 4.79 Å². The van der Waals surface area contributed by atoms with E-state index in [4.69, 9.17) is 5.11 Å². The second kappa shape index (κ2) is 7.89. The molecule has 0 aromatic carbocycles. The fourth-order valence-corrected chi connectivity index (χ4v) is 2.00. The van der Waals surface area contributed by atoms with E-state index < -0.39 is 11.9 Å². The Balaban J connectivity index is 2.13. The minimum atomic E-state index is -0.845. The van der Waals surface area contributed by atoms with Crippen molar-refractivity contribution in [2.45, 2.75) is 38.8 Å². The number of hydrogen-bond donors (Lipinski definition) is 3. The van der Waals surface area contributed by atoms with E-state index >= 15 is 0 Å². The van der Waals surface area contributed by atoms with E-state index in [9.17, 15) is 9.59 Å². The van der Waals surface area contributed by atoms with Crippen molar-refractivity contribution >= 4 is 12.0 Å². The maximum Gasteiger partial charge on any atom is 0.315 e. The molecule has 1 rings (SSSR count). The predicted octanol–water partition coefficient (Wildman–Crippen LogP) is 1.05. The van der Waals surface area contributed by atoms with Crippen LogP contribution < -0.4 is 10.6 Å². The second-order valence-electron chi connectivity index (χ2n) is 5.50. The van der Waals surface area contributed by atoms with Gasteiger partial charge >= 0.3 is 12.0 Å². The lowest BCUT2D eigenvalue weighted by Crippen LogP contribution is -2.42. The summed E-state index contributed by atoms with van der Waals surface area (Å²) in [5, 5.41) is 14.4. The van der Waals surface area contributed by atoms with Crippen LogP contribution in [0, 0.1) is 5.92 Å². The van der Waals surface area contributed by atoms with E-state index in [0.717, 1.165) is 13.0 Å². The molecule has 0 heterocycles. The van der Waals surface area contributed by atoms with Gasteiger partial charge in [0, 0.05) is 12.6 Å². The summed E-state index contributed by atoms with van der Waals surface area (Å²) in [6, 6.07) is 0.0766. The first-order valence-electron chi connectivity index (χ1n) is 7.06. The Kier molecular flexibility index (Phi) is 6.51. The molecule has 2 atom stereocenters. The number of urea groups is 1. The number of nitrogens with zero attached hydrogens (tertiary/aromatic N) is 1. The normalized spacial score (nSPS) is 21.4.